The largest absolute Gasteiger partial charge is 0.478 e. The van der Waals surface area contributed by atoms with E-state index in [4.69, 9.17) is 9.84 Å². The number of benzene rings is 1. The lowest BCUT2D eigenvalue weighted by Crippen LogP contribution is -2.27. The van der Waals surface area contributed by atoms with Crippen molar-refractivity contribution in [1.82, 2.24) is 0 Å². The van der Waals surface area contributed by atoms with Gasteiger partial charge in [0.05, 0.1) is 17.2 Å². The number of hydrogen-bond donors (Lipinski definition) is 2. The average Bonchev–Trinajstić information content (AvgIpc) is 2.45. The van der Waals surface area contributed by atoms with Gasteiger partial charge in [-0.3, -0.25) is 0 Å². The number of carbonyl (C=O) groups is 1. The van der Waals surface area contributed by atoms with Crippen LogP contribution in [0.5, 0.6) is 0 Å². The maximum atomic E-state index is 12.6. The standard InChI is InChI=1S/C14H16F3NO3/c15-14(16,17)9-4-5-12(11(7-9)13(19)20)18-8-10-3-1-2-6-21-10/h4-5,7,10,18H,1-3,6,8H2,(H,19,20). The van der Waals surface area contributed by atoms with Gasteiger partial charge in [0.15, 0.2) is 0 Å². The first kappa shape index (κ1) is 15.6. The van der Waals surface area contributed by atoms with Gasteiger partial charge in [-0.25, -0.2) is 4.79 Å². The van der Waals surface area contributed by atoms with Crippen LogP contribution in [0.1, 0.15) is 35.2 Å². The second-order valence-electron chi connectivity index (χ2n) is 4.93. The minimum absolute atomic E-state index is 0.0392. The zero-order valence-electron chi connectivity index (χ0n) is 11.2. The summed E-state index contributed by atoms with van der Waals surface area (Å²) in [5, 5.41) is 11.9. The fraction of sp³-hybridized carbons (Fsp3) is 0.500. The molecule has 2 rings (SSSR count). The molecule has 1 aromatic rings. The van der Waals surface area contributed by atoms with E-state index in [1.807, 2.05) is 0 Å². The van der Waals surface area contributed by atoms with Crippen molar-refractivity contribution in [2.75, 3.05) is 18.5 Å². The van der Waals surface area contributed by atoms with E-state index in [-0.39, 0.29) is 17.4 Å². The van der Waals surface area contributed by atoms with Crippen molar-refractivity contribution in [3.8, 4) is 0 Å². The molecule has 0 aromatic heterocycles. The minimum Gasteiger partial charge on any atom is -0.478 e. The molecular weight excluding hydrogens is 287 g/mol. The Balaban J connectivity index is 2.12. The molecule has 1 aliphatic heterocycles. The molecule has 1 unspecified atom stereocenters. The average molecular weight is 303 g/mol. The first-order valence-corrected chi connectivity index (χ1v) is 6.68. The molecule has 1 aromatic carbocycles. The van der Waals surface area contributed by atoms with Crippen LogP contribution < -0.4 is 5.32 Å². The zero-order chi connectivity index (χ0) is 15.5. The molecule has 0 bridgehead atoms. The van der Waals surface area contributed by atoms with Crippen LogP contribution in [0.15, 0.2) is 18.2 Å². The van der Waals surface area contributed by atoms with Crippen LogP contribution in [0.2, 0.25) is 0 Å². The van der Waals surface area contributed by atoms with Crippen molar-refractivity contribution in [3.05, 3.63) is 29.3 Å². The third-order valence-electron chi connectivity index (χ3n) is 3.37. The van der Waals surface area contributed by atoms with Gasteiger partial charge in [-0.1, -0.05) is 0 Å². The van der Waals surface area contributed by atoms with Gasteiger partial charge in [-0.15, -0.1) is 0 Å². The van der Waals surface area contributed by atoms with Crippen molar-refractivity contribution in [2.45, 2.75) is 31.5 Å². The van der Waals surface area contributed by atoms with E-state index < -0.39 is 17.7 Å². The molecule has 7 heteroatoms. The van der Waals surface area contributed by atoms with Crippen LogP contribution in [-0.2, 0) is 10.9 Å². The quantitative estimate of drug-likeness (QED) is 0.895. The summed E-state index contributed by atoms with van der Waals surface area (Å²) in [6.07, 6.45) is -1.71. The van der Waals surface area contributed by atoms with Crippen LogP contribution in [-0.4, -0.2) is 30.3 Å². The number of ether oxygens (including phenoxy) is 1. The van der Waals surface area contributed by atoms with Gasteiger partial charge in [0.25, 0.3) is 0 Å². The van der Waals surface area contributed by atoms with E-state index in [0.29, 0.717) is 19.2 Å². The molecule has 0 aliphatic carbocycles. The summed E-state index contributed by atoms with van der Waals surface area (Å²) < 4.78 is 43.3. The smallest absolute Gasteiger partial charge is 0.416 e. The summed E-state index contributed by atoms with van der Waals surface area (Å²) >= 11 is 0. The molecule has 0 spiro atoms. The Morgan fingerprint density at radius 2 is 2.14 bits per heavy atom. The third-order valence-corrected chi connectivity index (χ3v) is 3.37. The molecule has 4 nitrogen and oxygen atoms in total. The molecule has 1 fully saturated rings. The normalized spacial score (nSPS) is 19.3. The number of carboxylic acid groups (broad SMARTS) is 1. The van der Waals surface area contributed by atoms with Gasteiger partial charge in [0.2, 0.25) is 0 Å². The highest BCUT2D eigenvalue weighted by Crippen LogP contribution is 2.32. The second-order valence-corrected chi connectivity index (χ2v) is 4.93. The summed E-state index contributed by atoms with van der Waals surface area (Å²) in [6.45, 7) is 1.04. The molecule has 1 aliphatic rings. The molecular formula is C14H16F3NO3. The van der Waals surface area contributed by atoms with Gasteiger partial charge in [0, 0.05) is 18.8 Å². The molecule has 1 atom stereocenters. The van der Waals surface area contributed by atoms with Crippen molar-refractivity contribution in [2.24, 2.45) is 0 Å². The van der Waals surface area contributed by atoms with Gasteiger partial charge < -0.3 is 15.2 Å². The predicted molar refractivity (Wildman–Crippen MR) is 70.5 cm³/mol. The van der Waals surface area contributed by atoms with E-state index in [9.17, 15) is 18.0 Å². The lowest BCUT2D eigenvalue weighted by molar-refractivity contribution is -0.137. The number of anilines is 1. The molecule has 21 heavy (non-hydrogen) atoms. The summed E-state index contributed by atoms with van der Waals surface area (Å²) in [6, 6.07) is 2.66. The summed E-state index contributed by atoms with van der Waals surface area (Å²) in [5.41, 5.74) is -1.19. The van der Waals surface area contributed by atoms with Crippen molar-refractivity contribution < 1.29 is 27.8 Å². The maximum absolute atomic E-state index is 12.6. The summed E-state index contributed by atoms with van der Waals surface area (Å²) in [4.78, 5) is 11.1. The lowest BCUT2D eigenvalue weighted by atomic mass is 10.1. The van der Waals surface area contributed by atoms with Crippen LogP contribution in [0.3, 0.4) is 0 Å². The minimum atomic E-state index is -4.56. The Kier molecular flexibility index (Phi) is 4.72. The Bertz CT molecular complexity index is 511. The molecule has 1 heterocycles. The van der Waals surface area contributed by atoms with Gasteiger partial charge >= 0.3 is 12.1 Å². The first-order valence-electron chi connectivity index (χ1n) is 6.68. The highest BCUT2D eigenvalue weighted by molar-refractivity contribution is 5.94. The van der Waals surface area contributed by atoms with Crippen LogP contribution in [0.4, 0.5) is 18.9 Å². The monoisotopic (exact) mass is 303 g/mol. The number of hydrogen-bond acceptors (Lipinski definition) is 3. The first-order chi connectivity index (χ1) is 9.88. The van der Waals surface area contributed by atoms with E-state index >= 15 is 0 Å². The molecule has 0 radical (unpaired) electrons. The zero-order valence-corrected chi connectivity index (χ0v) is 11.2. The van der Waals surface area contributed by atoms with E-state index in [0.717, 1.165) is 31.4 Å². The predicted octanol–water partition coefficient (Wildman–Crippen LogP) is 3.38. The van der Waals surface area contributed by atoms with Crippen molar-refractivity contribution >= 4 is 11.7 Å². The van der Waals surface area contributed by atoms with Gasteiger partial charge in [-0.05, 0) is 37.5 Å². The Morgan fingerprint density at radius 1 is 1.38 bits per heavy atom. The van der Waals surface area contributed by atoms with Crippen LogP contribution in [0, 0.1) is 0 Å². The summed E-state index contributed by atoms with van der Waals surface area (Å²) in [7, 11) is 0. The number of aromatic carboxylic acids is 1. The third kappa shape index (κ3) is 4.10. The Hall–Kier alpha value is -1.76. The van der Waals surface area contributed by atoms with Gasteiger partial charge in [0.1, 0.15) is 0 Å². The highest BCUT2D eigenvalue weighted by atomic mass is 19.4. The SMILES string of the molecule is O=C(O)c1cc(C(F)(F)F)ccc1NCC1CCCCO1. The summed E-state index contributed by atoms with van der Waals surface area (Å²) in [5.74, 6) is -1.40. The molecule has 116 valence electrons. The van der Waals surface area contributed by atoms with Crippen molar-refractivity contribution in [3.63, 3.8) is 0 Å². The van der Waals surface area contributed by atoms with Crippen LogP contribution in [0.25, 0.3) is 0 Å². The van der Waals surface area contributed by atoms with Crippen LogP contribution >= 0.6 is 0 Å². The second kappa shape index (κ2) is 6.34. The molecule has 1 saturated heterocycles. The fourth-order valence-corrected chi connectivity index (χ4v) is 2.24. The van der Waals surface area contributed by atoms with E-state index in [2.05, 4.69) is 5.32 Å². The Labute approximate surface area is 119 Å². The van der Waals surface area contributed by atoms with Crippen molar-refractivity contribution in [1.29, 1.82) is 0 Å². The van der Waals surface area contributed by atoms with Gasteiger partial charge in [-0.2, -0.15) is 13.2 Å². The number of carboxylic acids is 1. The lowest BCUT2D eigenvalue weighted by Gasteiger charge is -2.23. The Morgan fingerprint density at radius 3 is 2.71 bits per heavy atom. The number of rotatable bonds is 4. The number of halogens is 3. The highest BCUT2D eigenvalue weighted by Gasteiger charge is 2.31. The number of nitrogens with one attached hydrogen (secondary N) is 1. The van der Waals surface area contributed by atoms with E-state index in [1.165, 1.54) is 0 Å². The maximum Gasteiger partial charge on any atom is 0.416 e. The molecule has 2 N–H and O–H groups in total. The fourth-order valence-electron chi connectivity index (χ4n) is 2.24. The topological polar surface area (TPSA) is 58.6 Å². The molecule has 0 saturated carbocycles. The molecule has 0 amide bonds. The number of alkyl halides is 3. The van der Waals surface area contributed by atoms with E-state index in [1.54, 1.807) is 0 Å².